The van der Waals surface area contributed by atoms with Crippen molar-refractivity contribution in [3.63, 3.8) is 0 Å². The van der Waals surface area contributed by atoms with Crippen molar-refractivity contribution in [2.24, 2.45) is 5.92 Å². The van der Waals surface area contributed by atoms with Crippen LogP contribution in [0.15, 0.2) is 48.8 Å². The number of aromatic nitrogens is 1. The minimum absolute atomic E-state index is 0.0913. The molecule has 3 rings (SSSR count). The van der Waals surface area contributed by atoms with Gasteiger partial charge >= 0.3 is 0 Å². The molecule has 1 heterocycles. The lowest BCUT2D eigenvalue weighted by atomic mass is 10.0. The number of pyridine rings is 1. The summed E-state index contributed by atoms with van der Waals surface area (Å²) in [5.41, 5.74) is 1.52. The van der Waals surface area contributed by atoms with Crippen molar-refractivity contribution < 1.29 is 15.0 Å². The molecule has 126 valence electrons. The second kappa shape index (κ2) is 7.30. The Labute approximate surface area is 145 Å². The number of amides is 1. The molecule has 0 radical (unpaired) electrons. The van der Waals surface area contributed by atoms with E-state index in [2.05, 4.69) is 10.3 Å². The van der Waals surface area contributed by atoms with Crippen LogP contribution in [0.5, 0.6) is 0 Å². The largest absolute Gasteiger partial charge is 0.394 e. The molecule has 0 saturated heterocycles. The van der Waals surface area contributed by atoms with Crippen LogP contribution in [0.4, 0.5) is 0 Å². The lowest BCUT2D eigenvalue weighted by Crippen LogP contribution is -2.42. The van der Waals surface area contributed by atoms with Crippen molar-refractivity contribution in [3.8, 4) is 0 Å². The van der Waals surface area contributed by atoms with Crippen molar-refractivity contribution in [2.45, 2.75) is 24.5 Å². The van der Waals surface area contributed by atoms with Gasteiger partial charge < -0.3 is 15.5 Å². The van der Waals surface area contributed by atoms with Gasteiger partial charge in [0.2, 0.25) is 5.91 Å². The summed E-state index contributed by atoms with van der Waals surface area (Å²) in [6.07, 6.45) is 2.83. The third kappa shape index (κ3) is 3.59. The van der Waals surface area contributed by atoms with Gasteiger partial charge in [-0.25, -0.2) is 0 Å². The van der Waals surface area contributed by atoms with Crippen molar-refractivity contribution >= 4 is 17.5 Å². The maximum absolute atomic E-state index is 12.4. The van der Waals surface area contributed by atoms with Gasteiger partial charge in [-0.15, -0.1) is 0 Å². The van der Waals surface area contributed by atoms with Gasteiger partial charge in [-0.1, -0.05) is 35.9 Å². The van der Waals surface area contributed by atoms with Gasteiger partial charge in [0.1, 0.15) is 6.10 Å². The zero-order valence-corrected chi connectivity index (χ0v) is 13.7. The Hall–Kier alpha value is -1.95. The van der Waals surface area contributed by atoms with Gasteiger partial charge in [-0.2, -0.15) is 0 Å². The number of carbonyl (C=O) groups excluding carboxylic acids is 1. The summed E-state index contributed by atoms with van der Waals surface area (Å²) in [5.74, 6) is -0.268. The van der Waals surface area contributed by atoms with Gasteiger partial charge in [-0.3, -0.25) is 9.78 Å². The zero-order chi connectivity index (χ0) is 17.1. The Bertz CT molecular complexity index is 710. The smallest absolute Gasteiger partial charge is 0.224 e. The average molecular weight is 347 g/mol. The van der Waals surface area contributed by atoms with E-state index < -0.39 is 12.1 Å². The van der Waals surface area contributed by atoms with Gasteiger partial charge in [0.15, 0.2) is 0 Å². The molecule has 6 heteroatoms. The van der Waals surface area contributed by atoms with Crippen LogP contribution < -0.4 is 5.32 Å². The van der Waals surface area contributed by atoms with Gasteiger partial charge in [0.25, 0.3) is 0 Å². The summed E-state index contributed by atoms with van der Waals surface area (Å²) >= 11 is 6.17. The van der Waals surface area contributed by atoms with E-state index in [0.717, 1.165) is 12.0 Å². The maximum Gasteiger partial charge on any atom is 0.224 e. The highest BCUT2D eigenvalue weighted by atomic mass is 35.5. The van der Waals surface area contributed by atoms with E-state index in [1.165, 1.54) is 6.20 Å². The highest BCUT2D eigenvalue weighted by Crippen LogP contribution is 2.49. The quantitative estimate of drug-likeness (QED) is 0.747. The van der Waals surface area contributed by atoms with Crippen LogP contribution in [0.25, 0.3) is 0 Å². The molecular formula is C18H19ClN2O3. The third-order valence-corrected chi connectivity index (χ3v) is 4.71. The minimum atomic E-state index is -1.01. The van der Waals surface area contributed by atoms with E-state index in [1.807, 2.05) is 24.3 Å². The van der Waals surface area contributed by atoms with Crippen molar-refractivity contribution in [1.82, 2.24) is 10.3 Å². The van der Waals surface area contributed by atoms with E-state index in [9.17, 15) is 15.0 Å². The Morgan fingerprint density at radius 1 is 1.33 bits per heavy atom. The molecule has 1 aromatic carbocycles. The van der Waals surface area contributed by atoms with E-state index in [0.29, 0.717) is 10.6 Å². The van der Waals surface area contributed by atoms with Crippen LogP contribution in [-0.2, 0) is 4.79 Å². The number of nitrogens with zero attached hydrogens (tertiary/aromatic N) is 1. The number of benzene rings is 1. The lowest BCUT2D eigenvalue weighted by molar-refractivity contribution is -0.124. The lowest BCUT2D eigenvalue weighted by Gasteiger charge is -2.22. The first kappa shape index (κ1) is 16.9. The van der Waals surface area contributed by atoms with Crippen LogP contribution in [0.2, 0.25) is 5.02 Å². The number of nitrogens with one attached hydrogen (secondary N) is 1. The van der Waals surface area contributed by atoms with E-state index in [-0.39, 0.29) is 24.3 Å². The molecule has 0 bridgehead atoms. The summed E-state index contributed by atoms with van der Waals surface area (Å²) in [7, 11) is 0. The average Bonchev–Trinajstić information content (AvgIpc) is 3.40. The maximum atomic E-state index is 12.4. The normalized spacial score (nSPS) is 21.8. The number of rotatable bonds is 6. The first-order valence-corrected chi connectivity index (χ1v) is 8.23. The monoisotopic (exact) mass is 346 g/mol. The van der Waals surface area contributed by atoms with E-state index in [1.54, 1.807) is 18.3 Å². The summed E-state index contributed by atoms with van der Waals surface area (Å²) in [6, 6.07) is 10.1. The predicted octanol–water partition coefficient (Wildman–Crippen LogP) is 2.05. The van der Waals surface area contributed by atoms with Crippen molar-refractivity contribution in [1.29, 1.82) is 0 Å². The summed E-state index contributed by atoms with van der Waals surface area (Å²) in [4.78, 5) is 16.4. The first-order chi connectivity index (χ1) is 11.6. The molecule has 1 fully saturated rings. The molecule has 1 amide bonds. The molecule has 1 aliphatic rings. The second-order valence-electron chi connectivity index (χ2n) is 6.00. The number of halogens is 1. The highest BCUT2D eigenvalue weighted by molar-refractivity contribution is 6.31. The predicted molar refractivity (Wildman–Crippen MR) is 90.5 cm³/mol. The van der Waals surface area contributed by atoms with Crippen LogP contribution in [-0.4, -0.2) is 33.8 Å². The zero-order valence-electron chi connectivity index (χ0n) is 13.0. The number of hydrogen-bond donors (Lipinski definition) is 3. The fourth-order valence-electron chi connectivity index (χ4n) is 2.90. The SMILES string of the molecule is O=C(N[C@H](CO)[C@H](O)c1cccnc1)[C@@H]1C[C@H]1c1ccccc1Cl. The van der Waals surface area contributed by atoms with Crippen LogP contribution in [0.1, 0.15) is 29.6 Å². The molecule has 0 unspecified atom stereocenters. The second-order valence-corrected chi connectivity index (χ2v) is 6.41. The molecule has 24 heavy (non-hydrogen) atoms. The van der Waals surface area contributed by atoms with Crippen molar-refractivity contribution in [3.05, 3.63) is 64.9 Å². The Kier molecular flexibility index (Phi) is 5.14. The highest BCUT2D eigenvalue weighted by Gasteiger charge is 2.45. The third-order valence-electron chi connectivity index (χ3n) is 4.36. The number of aliphatic hydroxyl groups is 2. The Balaban J connectivity index is 1.63. The molecule has 2 aromatic rings. The molecule has 0 aliphatic heterocycles. The summed E-state index contributed by atoms with van der Waals surface area (Å²) < 4.78 is 0. The Morgan fingerprint density at radius 2 is 2.12 bits per heavy atom. The first-order valence-electron chi connectivity index (χ1n) is 7.85. The number of carbonyl (C=O) groups is 1. The molecule has 1 saturated carbocycles. The van der Waals surface area contributed by atoms with Gasteiger partial charge in [0.05, 0.1) is 12.6 Å². The standard InChI is InChI=1S/C18H19ClN2O3/c19-15-6-2-1-5-12(15)13-8-14(13)18(24)21-16(10-22)17(23)11-4-3-7-20-9-11/h1-7,9,13-14,16-17,22-23H,8,10H2,(H,21,24)/t13-,14+,16+,17+/m0/s1. The van der Waals surface area contributed by atoms with Crippen molar-refractivity contribution in [2.75, 3.05) is 6.61 Å². The van der Waals surface area contributed by atoms with Crippen LogP contribution >= 0.6 is 11.6 Å². The molecule has 3 N–H and O–H groups in total. The summed E-state index contributed by atoms with van der Waals surface area (Å²) in [5, 5.41) is 23.2. The molecule has 1 aliphatic carbocycles. The number of aliphatic hydroxyl groups excluding tert-OH is 2. The van der Waals surface area contributed by atoms with Crippen LogP contribution in [0.3, 0.4) is 0 Å². The van der Waals surface area contributed by atoms with E-state index in [4.69, 9.17) is 11.6 Å². The molecular weight excluding hydrogens is 328 g/mol. The number of hydrogen-bond acceptors (Lipinski definition) is 4. The summed E-state index contributed by atoms with van der Waals surface area (Å²) in [6.45, 7) is -0.356. The fraction of sp³-hybridized carbons (Fsp3) is 0.333. The van der Waals surface area contributed by atoms with Crippen LogP contribution in [0, 0.1) is 5.92 Å². The molecule has 4 atom stereocenters. The molecule has 0 spiro atoms. The Morgan fingerprint density at radius 3 is 2.79 bits per heavy atom. The fourth-order valence-corrected chi connectivity index (χ4v) is 3.18. The molecule has 5 nitrogen and oxygen atoms in total. The van der Waals surface area contributed by atoms with E-state index >= 15 is 0 Å². The topological polar surface area (TPSA) is 82.5 Å². The van der Waals surface area contributed by atoms with Gasteiger partial charge in [0, 0.05) is 28.9 Å². The minimum Gasteiger partial charge on any atom is -0.394 e. The van der Waals surface area contributed by atoms with Gasteiger partial charge in [-0.05, 0) is 30.0 Å². The molecule has 1 aromatic heterocycles.